The lowest BCUT2D eigenvalue weighted by molar-refractivity contribution is 0.660. The first-order valence-corrected chi connectivity index (χ1v) is 50.6. The van der Waals surface area contributed by atoms with Crippen LogP contribution in [0.25, 0.3) is 265 Å². The minimum absolute atomic E-state index is 0.140. The fourth-order valence-electron chi connectivity index (χ4n) is 26.3. The molecule has 7 aromatic heterocycles. The first kappa shape index (κ1) is 81.6. The molecule has 28 aromatic rings. The van der Waals surface area contributed by atoms with E-state index in [0.29, 0.717) is 5.82 Å². The van der Waals surface area contributed by atoms with Crippen LogP contribution < -0.4 is 0 Å². The molecule has 680 valence electrons. The molecule has 21 aromatic carbocycles. The predicted molar refractivity (Wildman–Crippen MR) is 605 cm³/mol. The van der Waals surface area contributed by atoms with E-state index in [-0.39, 0.29) is 16.2 Å². The molecule has 0 amide bonds. The van der Waals surface area contributed by atoms with E-state index in [2.05, 4.69) is 518 Å². The minimum Gasteiger partial charge on any atom is -0.309 e. The van der Waals surface area contributed by atoms with Gasteiger partial charge in [-0.1, -0.05) is 321 Å². The van der Waals surface area contributed by atoms with Crippen LogP contribution in [0.1, 0.15) is 74.9 Å². The number of aromatic nitrogens is 8. The number of nitrogens with zero attached hydrogens (tertiary/aromatic N) is 8. The van der Waals surface area contributed by atoms with Crippen LogP contribution >= 0.6 is 0 Å². The van der Waals surface area contributed by atoms with Gasteiger partial charge < -0.3 is 27.4 Å². The molecule has 0 spiro atoms. The van der Waals surface area contributed by atoms with Crippen molar-refractivity contribution >= 4 is 142 Å². The van der Waals surface area contributed by atoms with Crippen LogP contribution in [-0.4, -0.2) is 37.4 Å². The lowest BCUT2D eigenvalue weighted by Gasteiger charge is -2.22. The summed E-state index contributed by atoms with van der Waals surface area (Å²) in [5.74, 6) is 0.627. The van der Waals surface area contributed by atoms with Gasteiger partial charge in [-0.3, -0.25) is 0 Å². The zero-order valence-corrected chi connectivity index (χ0v) is 80.8. The van der Waals surface area contributed by atoms with Gasteiger partial charge >= 0.3 is 0 Å². The molecule has 0 N–H and O–H groups in total. The van der Waals surface area contributed by atoms with E-state index in [9.17, 15) is 0 Å². The van der Waals surface area contributed by atoms with Crippen LogP contribution in [0, 0.1) is 0 Å². The van der Waals surface area contributed by atoms with Crippen LogP contribution in [0.4, 0.5) is 0 Å². The number of rotatable bonds is 11. The van der Waals surface area contributed by atoms with Gasteiger partial charge in [0.15, 0.2) is 5.82 Å². The van der Waals surface area contributed by atoms with Crippen molar-refractivity contribution in [2.45, 2.75) is 57.8 Å². The third-order valence-corrected chi connectivity index (χ3v) is 33.2. The number of benzene rings is 21. The van der Waals surface area contributed by atoms with E-state index in [1.165, 1.54) is 164 Å². The molecule has 0 saturated carbocycles. The molecule has 8 nitrogen and oxygen atoms in total. The van der Waals surface area contributed by atoms with Gasteiger partial charge in [0.05, 0.1) is 77.4 Å². The molecule has 0 bridgehead atoms. The molecule has 3 aliphatic rings. The highest BCUT2D eigenvalue weighted by atomic mass is 15.0. The van der Waals surface area contributed by atoms with Gasteiger partial charge in [-0.25, -0.2) is 9.97 Å². The van der Waals surface area contributed by atoms with Crippen molar-refractivity contribution in [2.24, 2.45) is 0 Å². The zero-order valence-electron chi connectivity index (χ0n) is 80.8. The van der Waals surface area contributed by atoms with Crippen LogP contribution in [0.3, 0.4) is 0 Å². The number of hydrogen-bond acceptors (Lipinski definition) is 2. The summed E-state index contributed by atoms with van der Waals surface area (Å²) in [4.78, 5) is 11.7. The molecule has 8 heteroatoms. The molecule has 3 aliphatic carbocycles. The van der Waals surface area contributed by atoms with Gasteiger partial charge in [-0.2, -0.15) is 0 Å². The van der Waals surface area contributed by atoms with Crippen LogP contribution in [0.2, 0.25) is 0 Å². The second-order valence-electron chi connectivity index (χ2n) is 41.9. The summed E-state index contributed by atoms with van der Waals surface area (Å²) in [5, 5.41) is 15.4. The largest absolute Gasteiger partial charge is 0.309 e. The Balaban J connectivity index is 0.544. The molecular weight excluding hydrogens is 1760 g/mol. The fraction of sp³-hybridized carbons (Fsp3) is 0.0657. The predicted octanol–water partition coefficient (Wildman–Crippen LogP) is 35.5. The Kier molecular flexibility index (Phi) is 16.8. The van der Waals surface area contributed by atoms with Crippen LogP contribution in [-0.2, 0) is 16.2 Å². The van der Waals surface area contributed by atoms with Crippen LogP contribution in [0.15, 0.2) is 449 Å². The lowest BCUT2D eigenvalue weighted by atomic mass is 9.82. The van der Waals surface area contributed by atoms with Gasteiger partial charge in [0.1, 0.15) is 0 Å². The average Bonchev–Trinajstić information content (AvgIpc) is 1.56. The second kappa shape index (κ2) is 29.9. The first-order valence-electron chi connectivity index (χ1n) is 50.6. The van der Waals surface area contributed by atoms with Crippen molar-refractivity contribution < 1.29 is 0 Å². The molecule has 0 fully saturated rings. The minimum atomic E-state index is -0.145. The van der Waals surface area contributed by atoms with E-state index in [4.69, 9.17) is 9.97 Å². The van der Waals surface area contributed by atoms with Gasteiger partial charge in [-0.15, -0.1) is 0 Å². The Labute approximate surface area is 836 Å². The Morgan fingerprint density at radius 2 is 0.414 bits per heavy atom. The maximum atomic E-state index is 5.95. The van der Waals surface area contributed by atoms with E-state index in [0.717, 1.165) is 128 Å². The Morgan fingerprint density at radius 3 is 0.779 bits per heavy atom. The molecular formula is C137H92N8. The van der Waals surface area contributed by atoms with E-state index in [1.807, 2.05) is 0 Å². The van der Waals surface area contributed by atoms with Crippen molar-refractivity contribution in [3.05, 3.63) is 482 Å². The van der Waals surface area contributed by atoms with Gasteiger partial charge in [0.25, 0.3) is 0 Å². The zero-order chi connectivity index (χ0) is 95.9. The molecule has 0 aliphatic heterocycles. The lowest BCUT2D eigenvalue weighted by Crippen LogP contribution is -2.15. The van der Waals surface area contributed by atoms with E-state index < -0.39 is 0 Å². The summed E-state index contributed by atoms with van der Waals surface area (Å²) in [6.45, 7) is 14.2. The van der Waals surface area contributed by atoms with Crippen molar-refractivity contribution in [1.29, 1.82) is 0 Å². The summed E-state index contributed by atoms with van der Waals surface area (Å²) in [6, 6.07) is 169. The smallest absolute Gasteiger partial charge is 0.160 e. The Hall–Kier alpha value is -18.2. The Morgan fingerprint density at radius 1 is 0.152 bits per heavy atom. The van der Waals surface area contributed by atoms with Gasteiger partial charge in [0.2, 0.25) is 0 Å². The highest BCUT2D eigenvalue weighted by Crippen LogP contribution is 2.55. The van der Waals surface area contributed by atoms with E-state index >= 15 is 0 Å². The molecule has 0 unspecified atom stereocenters. The normalized spacial score (nSPS) is 13.8. The van der Waals surface area contributed by atoms with Crippen molar-refractivity contribution in [2.75, 3.05) is 0 Å². The summed E-state index contributed by atoms with van der Waals surface area (Å²) in [7, 11) is 0. The van der Waals surface area contributed by atoms with Gasteiger partial charge in [-0.05, 0) is 270 Å². The number of hydrogen-bond donors (Lipinski definition) is 0. The summed E-state index contributed by atoms with van der Waals surface area (Å²) < 4.78 is 14.8. The van der Waals surface area contributed by atoms with E-state index in [1.54, 1.807) is 0 Å². The van der Waals surface area contributed by atoms with Crippen molar-refractivity contribution in [3.63, 3.8) is 0 Å². The highest BCUT2D eigenvalue weighted by molar-refractivity contribution is 6.18. The Bertz CT molecular complexity index is 10600. The van der Waals surface area contributed by atoms with Crippen LogP contribution in [0.5, 0.6) is 0 Å². The van der Waals surface area contributed by atoms with Gasteiger partial charge in [0, 0.05) is 132 Å². The molecule has 0 atom stereocenters. The monoisotopic (exact) mass is 1850 g/mol. The SMILES string of the molecule is CC1(C)c2ccccc2-c2ccc(-n3c4ccccc4c4ccc(-c5ccc6c(c5)c5ccccc5n6-c5cccc(-c6nc(-c7cccc(-n8c9ccccc9c9cc(-c%10ccc%11c%12ccccc%12n(-c%12ccc%13c(c%12)C(C)(C)c%12ccccc%12-%13)c%11c%10)ccc98)c7)c7cc(-n8c9ccccc9c9cc(-c%10ccc%11c%12ccccc%12n(-c%12ccc%13c(c%12)C(C)(C)c%12ccccc%12-%13)c%11c%10)ccc98)ccc7n6)c5)cc43)cc21. The highest BCUT2D eigenvalue weighted by Gasteiger charge is 2.40. The topological polar surface area (TPSA) is 55.4 Å². The molecule has 31 rings (SSSR count). The quantitative estimate of drug-likeness (QED) is 0.130. The summed E-state index contributed by atoms with van der Waals surface area (Å²) in [6.07, 6.45) is 0. The molecule has 0 radical (unpaired) electrons. The molecule has 145 heavy (non-hydrogen) atoms. The first-order chi connectivity index (χ1) is 71.1. The molecule has 7 heterocycles. The fourth-order valence-corrected chi connectivity index (χ4v) is 26.3. The second-order valence-corrected chi connectivity index (χ2v) is 41.9. The van der Waals surface area contributed by atoms with Crippen molar-refractivity contribution in [1.82, 2.24) is 37.4 Å². The maximum absolute atomic E-state index is 5.95. The van der Waals surface area contributed by atoms with Crippen molar-refractivity contribution in [3.8, 4) is 124 Å². The third-order valence-electron chi connectivity index (χ3n) is 33.2. The maximum Gasteiger partial charge on any atom is 0.160 e. The summed E-state index contributed by atoms with van der Waals surface area (Å²) >= 11 is 0. The number of fused-ring (bicyclic) bond motifs is 28. The molecule has 0 saturated heterocycles. The standard InChI is InChI=1S/C137H92N8/c1-135(2)114-40-16-7-31-95(114)98-62-55-92(78-117(98)135)143-121-43-19-10-34-101(121)107-59-49-84(74-130(107)143)81-52-66-127-110(71-81)104-37-13-22-46-124(104)140(127)89-29-25-27-87(69-89)133-113-77-91(142-126-48-24-15-39-106(126)112-73-83(54-68-129(112)142)86-51-61-109-103-36-12-21-45-123(103)145(132(109)76-86)94-57-64-100-97-33-9-18-42-116(97)137(5,6)119(100)80-94)58-65-120(113)138-134(139-133)88-28-26-30-90(70-88)141-125-47-23-14-38-105(125)111-72-82(53-67-128(111)141)85-50-60-108-102-35-11-20-44-122(102)144(131(108)75-85)93-56-63-99-96-32-8-17-41-115(96)136(3,4)118(99)79-93/h7-80H,1-6H3. The average molecular weight is 1850 g/mol. The summed E-state index contributed by atoms with van der Waals surface area (Å²) in [5.41, 5.74) is 46.4. The number of para-hydroxylation sites is 6. The third kappa shape index (κ3) is 11.6.